The Kier molecular flexibility index (Phi) is 7.67. The first kappa shape index (κ1) is 20.3. The second kappa shape index (κ2) is 10.2. The number of carbonyl (C=O) groups is 2. The van der Waals surface area contributed by atoms with Crippen molar-refractivity contribution in [2.75, 3.05) is 19.8 Å². The van der Waals surface area contributed by atoms with Crippen molar-refractivity contribution >= 4 is 11.9 Å². The zero-order valence-electron chi connectivity index (χ0n) is 15.6. The van der Waals surface area contributed by atoms with Gasteiger partial charge in [-0.25, -0.2) is 0 Å². The van der Waals surface area contributed by atoms with E-state index in [1.54, 1.807) is 6.07 Å². The number of hydrogen-bond acceptors (Lipinski definition) is 4. The van der Waals surface area contributed by atoms with Crippen molar-refractivity contribution in [3.8, 4) is 11.5 Å². The van der Waals surface area contributed by atoms with Crippen molar-refractivity contribution in [3.05, 3.63) is 59.7 Å². The van der Waals surface area contributed by atoms with Crippen molar-refractivity contribution in [1.82, 2.24) is 5.32 Å². The Bertz CT molecular complexity index is 757. The lowest BCUT2D eigenvalue weighted by Crippen LogP contribution is -2.36. The molecule has 0 heterocycles. The molecule has 0 spiro atoms. The van der Waals surface area contributed by atoms with Crippen LogP contribution in [0.1, 0.15) is 18.1 Å². The predicted octanol–water partition coefficient (Wildman–Crippen LogP) is 2.83. The van der Waals surface area contributed by atoms with Gasteiger partial charge in [-0.3, -0.25) is 9.59 Å². The molecule has 6 nitrogen and oxygen atoms in total. The Labute approximate surface area is 159 Å². The maximum Gasteiger partial charge on any atom is 0.308 e. The first-order chi connectivity index (χ1) is 13.0. The minimum atomic E-state index is -0.955. The summed E-state index contributed by atoms with van der Waals surface area (Å²) in [6, 6.07) is 14.7. The fraction of sp³-hybridized carbons (Fsp3) is 0.333. The predicted molar refractivity (Wildman–Crippen MR) is 102 cm³/mol. The van der Waals surface area contributed by atoms with Crippen LogP contribution in [-0.4, -0.2) is 36.7 Å². The van der Waals surface area contributed by atoms with Gasteiger partial charge in [0.1, 0.15) is 11.5 Å². The van der Waals surface area contributed by atoms with E-state index in [1.165, 1.54) is 0 Å². The van der Waals surface area contributed by atoms with Crippen LogP contribution in [-0.2, 0) is 16.0 Å². The number of hydrogen-bond donors (Lipinski definition) is 2. The normalized spacial score (nSPS) is 11.5. The minimum Gasteiger partial charge on any atom is -0.494 e. The fourth-order valence-corrected chi connectivity index (χ4v) is 2.56. The van der Waals surface area contributed by atoms with Crippen LogP contribution in [0, 0.1) is 12.8 Å². The Morgan fingerprint density at radius 1 is 1.07 bits per heavy atom. The number of benzene rings is 2. The first-order valence-electron chi connectivity index (χ1n) is 8.88. The monoisotopic (exact) mass is 371 g/mol. The third-order valence-electron chi connectivity index (χ3n) is 3.97. The highest BCUT2D eigenvalue weighted by molar-refractivity contribution is 5.78. The second-order valence-corrected chi connectivity index (χ2v) is 6.23. The van der Waals surface area contributed by atoms with Crippen molar-refractivity contribution in [1.29, 1.82) is 0 Å². The lowest BCUT2D eigenvalue weighted by Gasteiger charge is -2.14. The van der Waals surface area contributed by atoms with E-state index in [2.05, 4.69) is 5.32 Å². The highest BCUT2D eigenvalue weighted by Crippen LogP contribution is 2.15. The summed E-state index contributed by atoms with van der Waals surface area (Å²) < 4.78 is 10.8. The van der Waals surface area contributed by atoms with Gasteiger partial charge in [0.2, 0.25) is 0 Å². The summed E-state index contributed by atoms with van der Waals surface area (Å²) in [5.41, 5.74) is 1.91. The molecule has 2 rings (SSSR count). The quantitative estimate of drug-likeness (QED) is 0.671. The van der Waals surface area contributed by atoms with Gasteiger partial charge in [-0.15, -0.1) is 0 Å². The maximum absolute atomic E-state index is 12.0. The molecule has 0 aliphatic rings. The van der Waals surface area contributed by atoms with Gasteiger partial charge in [-0.1, -0.05) is 24.3 Å². The maximum atomic E-state index is 12.0. The van der Waals surface area contributed by atoms with Gasteiger partial charge in [-0.05, 0) is 55.7 Å². The molecule has 0 aliphatic heterocycles. The number of amides is 1. The van der Waals surface area contributed by atoms with E-state index >= 15 is 0 Å². The van der Waals surface area contributed by atoms with Crippen LogP contribution in [0.2, 0.25) is 0 Å². The number of aliphatic carboxylic acids is 1. The SMILES string of the molecule is CCOc1ccc(CC(CNC(=O)COc2cccc(C)c2)C(=O)O)cc1. The molecule has 0 radical (unpaired) electrons. The molecule has 2 aromatic carbocycles. The Morgan fingerprint density at radius 3 is 2.44 bits per heavy atom. The third-order valence-corrected chi connectivity index (χ3v) is 3.97. The van der Waals surface area contributed by atoms with E-state index < -0.39 is 11.9 Å². The van der Waals surface area contributed by atoms with Gasteiger partial charge in [0.05, 0.1) is 12.5 Å². The topological polar surface area (TPSA) is 84.9 Å². The fourth-order valence-electron chi connectivity index (χ4n) is 2.56. The van der Waals surface area contributed by atoms with E-state index in [1.807, 2.05) is 56.3 Å². The van der Waals surface area contributed by atoms with E-state index in [0.29, 0.717) is 18.8 Å². The molecule has 0 fully saturated rings. The zero-order valence-corrected chi connectivity index (χ0v) is 15.6. The average Bonchev–Trinajstić information content (AvgIpc) is 2.65. The molecule has 0 saturated carbocycles. The highest BCUT2D eigenvalue weighted by atomic mass is 16.5. The minimum absolute atomic E-state index is 0.0402. The lowest BCUT2D eigenvalue weighted by atomic mass is 9.99. The Morgan fingerprint density at radius 2 is 1.81 bits per heavy atom. The molecular weight excluding hydrogens is 346 g/mol. The second-order valence-electron chi connectivity index (χ2n) is 6.23. The van der Waals surface area contributed by atoms with E-state index in [4.69, 9.17) is 9.47 Å². The molecule has 6 heteroatoms. The van der Waals surface area contributed by atoms with Crippen LogP contribution in [0.3, 0.4) is 0 Å². The van der Waals surface area contributed by atoms with Crippen LogP contribution in [0.5, 0.6) is 11.5 Å². The summed E-state index contributed by atoms with van der Waals surface area (Å²) >= 11 is 0. The summed E-state index contributed by atoms with van der Waals surface area (Å²) in [6.07, 6.45) is 0.320. The van der Waals surface area contributed by atoms with Crippen molar-refractivity contribution in [2.45, 2.75) is 20.3 Å². The number of nitrogens with one attached hydrogen (secondary N) is 1. The van der Waals surface area contributed by atoms with Gasteiger partial charge in [0.25, 0.3) is 5.91 Å². The summed E-state index contributed by atoms with van der Waals surface area (Å²) in [7, 11) is 0. The molecule has 1 amide bonds. The van der Waals surface area contributed by atoms with Crippen molar-refractivity contribution in [3.63, 3.8) is 0 Å². The summed E-state index contributed by atoms with van der Waals surface area (Å²) in [5, 5.41) is 12.0. The van der Waals surface area contributed by atoms with Crippen LogP contribution in [0.15, 0.2) is 48.5 Å². The van der Waals surface area contributed by atoms with Crippen molar-refractivity contribution in [2.24, 2.45) is 5.92 Å². The number of carbonyl (C=O) groups excluding carboxylic acids is 1. The van der Waals surface area contributed by atoms with Crippen molar-refractivity contribution < 1.29 is 24.2 Å². The van der Waals surface area contributed by atoms with E-state index in [0.717, 1.165) is 16.9 Å². The standard InChI is InChI=1S/C21H25NO5/c1-3-26-18-9-7-16(8-10-18)12-17(21(24)25)13-22-20(23)14-27-19-6-4-5-15(2)11-19/h4-11,17H,3,12-14H2,1-2H3,(H,22,23)(H,24,25). The molecule has 2 aromatic rings. The number of carboxylic acid groups (broad SMARTS) is 1. The largest absolute Gasteiger partial charge is 0.494 e. The van der Waals surface area contributed by atoms with E-state index in [9.17, 15) is 14.7 Å². The molecule has 0 saturated heterocycles. The zero-order chi connectivity index (χ0) is 19.6. The van der Waals surface area contributed by atoms with Gasteiger partial charge in [0, 0.05) is 6.54 Å². The highest BCUT2D eigenvalue weighted by Gasteiger charge is 2.19. The van der Waals surface area contributed by atoms with E-state index in [-0.39, 0.29) is 19.1 Å². The molecule has 0 aliphatic carbocycles. The summed E-state index contributed by atoms with van der Waals surface area (Å²) in [5.74, 6) is -0.673. The molecule has 144 valence electrons. The van der Waals surface area contributed by atoms with Gasteiger partial charge in [-0.2, -0.15) is 0 Å². The molecule has 27 heavy (non-hydrogen) atoms. The first-order valence-corrected chi connectivity index (χ1v) is 8.88. The molecule has 2 N–H and O–H groups in total. The number of aryl methyl sites for hydroxylation is 1. The Hall–Kier alpha value is -3.02. The molecule has 0 aromatic heterocycles. The van der Waals surface area contributed by atoms with Gasteiger partial charge >= 0.3 is 5.97 Å². The number of carboxylic acids is 1. The summed E-state index contributed by atoms with van der Waals surface area (Å²) in [6.45, 7) is 4.30. The average molecular weight is 371 g/mol. The lowest BCUT2D eigenvalue weighted by molar-refractivity contribution is -0.141. The molecule has 1 unspecified atom stereocenters. The van der Waals surface area contributed by atoms with Crippen LogP contribution in [0.25, 0.3) is 0 Å². The van der Waals surface area contributed by atoms with Crippen LogP contribution in [0.4, 0.5) is 0 Å². The number of ether oxygens (including phenoxy) is 2. The van der Waals surface area contributed by atoms with Crippen LogP contribution < -0.4 is 14.8 Å². The third kappa shape index (κ3) is 7.01. The number of rotatable bonds is 10. The molecular formula is C21H25NO5. The molecule has 0 bridgehead atoms. The summed E-state index contributed by atoms with van der Waals surface area (Å²) in [4.78, 5) is 23.4. The van der Waals surface area contributed by atoms with Crippen LogP contribution >= 0.6 is 0 Å². The smallest absolute Gasteiger partial charge is 0.308 e. The van der Waals surface area contributed by atoms with Gasteiger partial charge < -0.3 is 19.9 Å². The Balaban J connectivity index is 1.82. The van der Waals surface area contributed by atoms with Gasteiger partial charge in [0.15, 0.2) is 6.61 Å². The molecule has 1 atom stereocenters.